The largest absolute Gasteiger partial charge is 0.327 e. The zero-order valence-electron chi connectivity index (χ0n) is 12.8. The van der Waals surface area contributed by atoms with Crippen molar-refractivity contribution in [3.05, 3.63) is 35.4 Å². The Labute approximate surface area is 127 Å². The Balaban J connectivity index is 2.70. The van der Waals surface area contributed by atoms with E-state index in [0.717, 1.165) is 0 Å². The number of sulfonamides is 1. The highest BCUT2D eigenvalue weighted by atomic mass is 32.2. The molecule has 1 unspecified atom stereocenters. The molecular formula is C15H23N3O2S. The first-order valence-electron chi connectivity index (χ1n) is 6.95. The van der Waals surface area contributed by atoms with Crippen molar-refractivity contribution in [2.24, 2.45) is 11.7 Å². The Morgan fingerprint density at radius 3 is 2.62 bits per heavy atom. The van der Waals surface area contributed by atoms with Gasteiger partial charge in [-0.15, -0.1) is 0 Å². The summed E-state index contributed by atoms with van der Waals surface area (Å²) in [5.74, 6) is 0.226. The van der Waals surface area contributed by atoms with E-state index < -0.39 is 10.0 Å². The average Bonchev–Trinajstić information content (AvgIpc) is 2.43. The smallest absolute Gasteiger partial charge is 0.218 e. The maximum absolute atomic E-state index is 12.3. The fourth-order valence-corrected chi connectivity index (χ4v) is 3.06. The number of nitriles is 1. The van der Waals surface area contributed by atoms with Crippen molar-refractivity contribution in [1.82, 2.24) is 4.31 Å². The van der Waals surface area contributed by atoms with Gasteiger partial charge in [-0.2, -0.15) is 5.26 Å². The predicted octanol–water partition coefficient (Wildman–Crippen LogP) is 1.69. The maximum atomic E-state index is 12.3. The van der Waals surface area contributed by atoms with Crippen LogP contribution in [0.4, 0.5) is 0 Å². The number of hydrogen-bond acceptors (Lipinski definition) is 4. The van der Waals surface area contributed by atoms with E-state index in [-0.39, 0.29) is 11.8 Å². The van der Waals surface area contributed by atoms with Crippen molar-refractivity contribution < 1.29 is 8.42 Å². The molecule has 0 aliphatic heterocycles. The second-order valence-electron chi connectivity index (χ2n) is 5.59. The first-order chi connectivity index (χ1) is 9.76. The highest BCUT2D eigenvalue weighted by Crippen LogP contribution is 2.13. The second kappa shape index (κ2) is 7.55. The number of nitrogens with two attached hydrogens (primary N) is 1. The van der Waals surface area contributed by atoms with Gasteiger partial charge in [0.25, 0.3) is 0 Å². The number of nitrogens with zero attached hydrogens (tertiary/aromatic N) is 2. The van der Waals surface area contributed by atoms with Crippen molar-refractivity contribution in [3.8, 4) is 6.07 Å². The second-order valence-corrected chi connectivity index (χ2v) is 7.66. The average molecular weight is 309 g/mol. The van der Waals surface area contributed by atoms with Gasteiger partial charge in [0, 0.05) is 19.6 Å². The molecule has 2 N–H and O–H groups in total. The van der Waals surface area contributed by atoms with Crippen LogP contribution in [-0.2, 0) is 15.8 Å². The highest BCUT2D eigenvalue weighted by Gasteiger charge is 2.20. The zero-order valence-corrected chi connectivity index (χ0v) is 13.6. The molecule has 0 fully saturated rings. The van der Waals surface area contributed by atoms with E-state index in [1.807, 2.05) is 19.9 Å². The summed E-state index contributed by atoms with van der Waals surface area (Å²) in [5, 5.41) is 8.84. The van der Waals surface area contributed by atoms with E-state index in [0.29, 0.717) is 30.0 Å². The van der Waals surface area contributed by atoms with E-state index in [4.69, 9.17) is 11.0 Å². The molecule has 0 bridgehead atoms. The summed E-state index contributed by atoms with van der Waals surface area (Å²) in [6.07, 6.45) is 0.631. The summed E-state index contributed by atoms with van der Waals surface area (Å²) >= 11 is 0. The summed E-state index contributed by atoms with van der Waals surface area (Å²) in [4.78, 5) is 0. The van der Waals surface area contributed by atoms with Crippen LogP contribution >= 0.6 is 0 Å². The van der Waals surface area contributed by atoms with Crippen LogP contribution < -0.4 is 5.73 Å². The number of rotatable bonds is 7. The Morgan fingerprint density at radius 2 is 2.05 bits per heavy atom. The van der Waals surface area contributed by atoms with Gasteiger partial charge < -0.3 is 5.73 Å². The lowest BCUT2D eigenvalue weighted by atomic mass is 10.0. The molecule has 0 aliphatic carbocycles. The molecular weight excluding hydrogens is 286 g/mol. The molecule has 0 saturated heterocycles. The Bertz CT molecular complexity index is 606. The monoisotopic (exact) mass is 309 g/mol. The fraction of sp³-hybridized carbons (Fsp3) is 0.533. The SMILES string of the molecule is CC(C)C(N)CCN(C)S(=O)(=O)Cc1cccc(C#N)c1. The third-order valence-corrected chi connectivity index (χ3v) is 5.34. The van der Waals surface area contributed by atoms with E-state index in [1.54, 1.807) is 31.3 Å². The van der Waals surface area contributed by atoms with Gasteiger partial charge in [0.2, 0.25) is 10.0 Å². The van der Waals surface area contributed by atoms with Crippen molar-refractivity contribution in [2.75, 3.05) is 13.6 Å². The Kier molecular flexibility index (Phi) is 6.34. The topological polar surface area (TPSA) is 87.2 Å². The first kappa shape index (κ1) is 17.6. The highest BCUT2D eigenvalue weighted by molar-refractivity contribution is 7.88. The molecule has 21 heavy (non-hydrogen) atoms. The van der Waals surface area contributed by atoms with Crippen molar-refractivity contribution in [2.45, 2.75) is 32.1 Å². The van der Waals surface area contributed by atoms with Crippen molar-refractivity contribution in [1.29, 1.82) is 5.26 Å². The van der Waals surface area contributed by atoms with Gasteiger partial charge in [-0.05, 0) is 30.0 Å². The minimum atomic E-state index is -3.39. The van der Waals surface area contributed by atoms with Gasteiger partial charge in [-0.1, -0.05) is 26.0 Å². The van der Waals surface area contributed by atoms with Gasteiger partial charge in [0.15, 0.2) is 0 Å². The molecule has 0 radical (unpaired) electrons. The molecule has 116 valence electrons. The van der Waals surface area contributed by atoms with Crippen LogP contribution in [0.2, 0.25) is 0 Å². The lowest BCUT2D eigenvalue weighted by Gasteiger charge is -2.21. The summed E-state index contributed by atoms with van der Waals surface area (Å²) in [6.45, 7) is 4.44. The van der Waals surface area contributed by atoms with E-state index in [9.17, 15) is 8.42 Å². The van der Waals surface area contributed by atoms with Gasteiger partial charge in [-0.3, -0.25) is 0 Å². The van der Waals surface area contributed by atoms with Crippen LogP contribution in [0.15, 0.2) is 24.3 Å². The lowest BCUT2D eigenvalue weighted by molar-refractivity contribution is 0.397. The summed E-state index contributed by atoms with van der Waals surface area (Å²) < 4.78 is 25.9. The van der Waals surface area contributed by atoms with Gasteiger partial charge >= 0.3 is 0 Å². The Morgan fingerprint density at radius 1 is 1.38 bits per heavy atom. The molecule has 1 atom stereocenters. The summed E-state index contributed by atoms with van der Waals surface area (Å²) in [7, 11) is -1.83. The molecule has 0 aliphatic rings. The minimum Gasteiger partial charge on any atom is -0.327 e. The lowest BCUT2D eigenvalue weighted by Crippen LogP contribution is -2.35. The van der Waals surface area contributed by atoms with E-state index >= 15 is 0 Å². The molecule has 0 saturated carbocycles. The molecule has 1 aromatic rings. The molecule has 0 aromatic heterocycles. The number of benzene rings is 1. The molecule has 5 nitrogen and oxygen atoms in total. The summed E-state index contributed by atoms with van der Waals surface area (Å²) in [5.41, 5.74) is 7.03. The Hall–Kier alpha value is -1.42. The fourth-order valence-electron chi connectivity index (χ4n) is 1.85. The van der Waals surface area contributed by atoms with Crippen molar-refractivity contribution >= 4 is 10.0 Å². The third-order valence-electron chi connectivity index (χ3n) is 3.51. The van der Waals surface area contributed by atoms with E-state index in [2.05, 4.69) is 0 Å². The van der Waals surface area contributed by atoms with Gasteiger partial charge in [0.1, 0.15) is 0 Å². The van der Waals surface area contributed by atoms with Crippen LogP contribution in [0.3, 0.4) is 0 Å². The molecule has 1 aromatic carbocycles. The van der Waals surface area contributed by atoms with Crippen LogP contribution in [0.25, 0.3) is 0 Å². The molecule has 6 heteroatoms. The van der Waals surface area contributed by atoms with Crippen LogP contribution in [0.5, 0.6) is 0 Å². The molecule has 0 amide bonds. The van der Waals surface area contributed by atoms with E-state index in [1.165, 1.54) is 4.31 Å². The molecule has 0 heterocycles. The standard InChI is InChI=1S/C15H23N3O2S/c1-12(2)15(17)7-8-18(3)21(19,20)11-14-6-4-5-13(9-14)10-16/h4-6,9,12,15H,7-8,11,17H2,1-3H3. The zero-order chi connectivity index (χ0) is 16.0. The normalized spacial score (nSPS) is 13.4. The number of hydrogen-bond donors (Lipinski definition) is 1. The van der Waals surface area contributed by atoms with Crippen LogP contribution in [-0.4, -0.2) is 32.4 Å². The first-order valence-corrected chi connectivity index (χ1v) is 8.56. The van der Waals surface area contributed by atoms with Crippen LogP contribution in [0.1, 0.15) is 31.4 Å². The quantitative estimate of drug-likeness (QED) is 0.830. The third kappa shape index (κ3) is 5.46. The maximum Gasteiger partial charge on any atom is 0.218 e. The minimum absolute atomic E-state index is 0.00966. The van der Waals surface area contributed by atoms with Gasteiger partial charge in [-0.25, -0.2) is 12.7 Å². The van der Waals surface area contributed by atoms with Crippen LogP contribution in [0, 0.1) is 17.2 Å². The van der Waals surface area contributed by atoms with Crippen molar-refractivity contribution in [3.63, 3.8) is 0 Å². The summed E-state index contributed by atoms with van der Waals surface area (Å²) in [6, 6.07) is 8.66. The molecule has 1 rings (SSSR count). The molecule has 0 spiro atoms. The predicted molar refractivity (Wildman–Crippen MR) is 83.8 cm³/mol. The van der Waals surface area contributed by atoms with Gasteiger partial charge in [0.05, 0.1) is 17.4 Å².